The maximum Gasteiger partial charge on any atom is 0.211 e. The zero-order valence-corrected chi connectivity index (χ0v) is 9.57. The molecular weight excluding hydrogens is 200 g/mol. The first-order valence-corrected chi connectivity index (χ1v) is 7.00. The SMILES string of the molecule is CCCCS(=O)(=O)NCCNC1CC1. The number of nitrogens with one attached hydrogen (secondary N) is 2. The number of hydrogen-bond donors (Lipinski definition) is 2. The lowest BCUT2D eigenvalue weighted by atomic mass is 10.4. The van der Waals surface area contributed by atoms with Crippen LogP contribution in [0, 0.1) is 0 Å². The van der Waals surface area contributed by atoms with E-state index in [9.17, 15) is 8.42 Å². The van der Waals surface area contributed by atoms with E-state index < -0.39 is 10.0 Å². The smallest absolute Gasteiger partial charge is 0.211 e. The van der Waals surface area contributed by atoms with Gasteiger partial charge in [0.15, 0.2) is 0 Å². The van der Waals surface area contributed by atoms with Crippen LogP contribution in [0.3, 0.4) is 0 Å². The normalized spacial score (nSPS) is 17.2. The van der Waals surface area contributed by atoms with Gasteiger partial charge >= 0.3 is 0 Å². The third kappa shape index (κ3) is 5.57. The summed E-state index contributed by atoms with van der Waals surface area (Å²) in [6.07, 6.45) is 4.14. The first kappa shape index (κ1) is 11.9. The summed E-state index contributed by atoms with van der Waals surface area (Å²) < 4.78 is 25.2. The van der Waals surface area contributed by atoms with Crippen molar-refractivity contribution in [3.05, 3.63) is 0 Å². The molecule has 1 rings (SSSR count). The molecule has 0 bridgehead atoms. The topological polar surface area (TPSA) is 58.2 Å². The van der Waals surface area contributed by atoms with Crippen molar-refractivity contribution in [1.82, 2.24) is 10.0 Å². The Hall–Kier alpha value is -0.130. The fourth-order valence-corrected chi connectivity index (χ4v) is 2.40. The summed E-state index contributed by atoms with van der Waals surface area (Å²) in [5, 5.41) is 3.26. The van der Waals surface area contributed by atoms with Gasteiger partial charge in [0, 0.05) is 19.1 Å². The van der Waals surface area contributed by atoms with Crippen LogP contribution >= 0.6 is 0 Å². The lowest BCUT2D eigenvalue weighted by molar-refractivity contribution is 0.572. The van der Waals surface area contributed by atoms with E-state index in [1.807, 2.05) is 6.92 Å². The molecule has 0 aliphatic heterocycles. The summed E-state index contributed by atoms with van der Waals surface area (Å²) in [5.41, 5.74) is 0. The molecule has 0 spiro atoms. The molecule has 1 fully saturated rings. The van der Waals surface area contributed by atoms with Gasteiger partial charge in [0.2, 0.25) is 10.0 Å². The molecule has 1 saturated carbocycles. The van der Waals surface area contributed by atoms with Crippen LogP contribution < -0.4 is 10.0 Å². The van der Waals surface area contributed by atoms with Crippen LogP contribution in [0.15, 0.2) is 0 Å². The van der Waals surface area contributed by atoms with Crippen molar-refractivity contribution in [1.29, 1.82) is 0 Å². The van der Waals surface area contributed by atoms with Gasteiger partial charge in [-0.3, -0.25) is 0 Å². The van der Waals surface area contributed by atoms with Crippen LogP contribution in [0.1, 0.15) is 32.6 Å². The minimum absolute atomic E-state index is 0.257. The van der Waals surface area contributed by atoms with Gasteiger partial charge < -0.3 is 5.32 Å². The summed E-state index contributed by atoms with van der Waals surface area (Å²) in [6.45, 7) is 3.25. The van der Waals surface area contributed by atoms with E-state index in [-0.39, 0.29) is 5.75 Å². The van der Waals surface area contributed by atoms with E-state index in [0.717, 1.165) is 19.4 Å². The molecule has 0 aromatic carbocycles. The van der Waals surface area contributed by atoms with Crippen LogP contribution in [-0.4, -0.2) is 33.3 Å². The summed E-state index contributed by atoms with van der Waals surface area (Å²) in [5.74, 6) is 0.257. The maximum absolute atomic E-state index is 11.3. The van der Waals surface area contributed by atoms with Crippen LogP contribution in [-0.2, 0) is 10.0 Å². The van der Waals surface area contributed by atoms with Gasteiger partial charge in [0.05, 0.1) is 5.75 Å². The van der Waals surface area contributed by atoms with Crippen LogP contribution in [0.4, 0.5) is 0 Å². The predicted octanol–water partition coefficient (Wildman–Crippen LogP) is 0.458. The van der Waals surface area contributed by atoms with Gasteiger partial charge in [-0.1, -0.05) is 13.3 Å². The Morgan fingerprint density at radius 1 is 1.29 bits per heavy atom. The Bertz CT molecular complexity index is 248. The Morgan fingerprint density at radius 3 is 2.57 bits per heavy atom. The van der Waals surface area contributed by atoms with Crippen molar-refractivity contribution in [2.75, 3.05) is 18.8 Å². The molecule has 1 aliphatic carbocycles. The third-order valence-corrected chi connectivity index (χ3v) is 3.69. The minimum Gasteiger partial charge on any atom is -0.313 e. The first-order chi connectivity index (χ1) is 6.64. The highest BCUT2D eigenvalue weighted by atomic mass is 32.2. The van der Waals surface area contributed by atoms with E-state index >= 15 is 0 Å². The maximum atomic E-state index is 11.3. The van der Waals surface area contributed by atoms with Crippen LogP contribution in [0.5, 0.6) is 0 Å². The van der Waals surface area contributed by atoms with Gasteiger partial charge in [-0.15, -0.1) is 0 Å². The zero-order valence-electron chi connectivity index (χ0n) is 8.75. The molecule has 0 aromatic heterocycles. The largest absolute Gasteiger partial charge is 0.313 e. The average Bonchev–Trinajstić information content (AvgIpc) is 2.93. The molecule has 0 heterocycles. The standard InChI is InChI=1S/C9H20N2O2S/c1-2-3-8-14(12,13)11-7-6-10-9-4-5-9/h9-11H,2-8H2,1H3. The van der Waals surface area contributed by atoms with Crippen LogP contribution in [0.25, 0.3) is 0 Å². The van der Waals surface area contributed by atoms with Gasteiger partial charge in [-0.2, -0.15) is 0 Å². The number of sulfonamides is 1. The van der Waals surface area contributed by atoms with Gasteiger partial charge in [-0.05, 0) is 19.3 Å². The quantitative estimate of drug-likeness (QED) is 0.584. The Labute approximate surface area is 86.5 Å². The Morgan fingerprint density at radius 2 is 2.00 bits per heavy atom. The van der Waals surface area contributed by atoms with Crippen molar-refractivity contribution < 1.29 is 8.42 Å². The molecule has 0 aromatic rings. The second-order valence-electron chi connectivity index (χ2n) is 3.80. The van der Waals surface area contributed by atoms with E-state index in [4.69, 9.17) is 0 Å². The molecule has 4 nitrogen and oxygen atoms in total. The molecule has 2 N–H and O–H groups in total. The fraction of sp³-hybridized carbons (Fsp3) is 1.00. The first-order valence-electron chi connectivity index (χ1n) is 5.35. The number of rotatable bonds is 8. The van der Waals surface area contributed by atoms with Crippen molar-refractivity contribution in [3.8, 4) is 0 Å². The Kier molecular flexibility index (Phi) is 4.84. The lowest BCUT2D eigenvalue weighted by Crippen LogP contribution is -2.34. The van der Waals surface area contributed by atoms with Gasteiger partial charge in [0.1, 0.15) is 0 Å². The molecule has 0 saturated heterocycles. The zero-order chi connectivity index (χ0) is 10.4. The van der Waals surface area contributed by atoms with Crippen molar-refractivity contribution in [3.63, 3.8) is 0 Å². The van der Waals surface area contributed by atoms with E-state index in [0.29, 0.717) is 12.6 Å². The van der Waals surface area contributed by atoms with Crippen molar-refractivity contribution in [2.45, 2.75) is 38.6 Å². The molecule has 84 valence electrons. The second kappa shape index (κ2) is 5.68. The fourth-order valence-electron chi connectivity index (χ4n) is 1.18. The summed E-state index contributed by atoms with van der Waals surface area (Å²) in [4.78, 5) is 0. The molecule has 0 unspecified atom stereocenters. The van der Waals surface area contributed by atoms with Gasteiger partial charge in [0.25, 0.3) is 0 Å². The minimum atomic E-state index is -3.01. The highest BCUT2D eigenvalue weighted by Crippen LogP contribution is 2.17. The molecule has 1 aliphatic rings. The summed E-state index contributed by atoms with van der Waals surface area (Å²) in [6, 6.07) is 0.648. The molecular formula is C9H20N2O2S. The average molecular weight is 220 g/mol. The van der Waals surface area contributed by atoms with Crippen LogP contribution in [0.2, 0.25) is 0 Å². The molecule has 0 radical (unpaired) electrons. The monoisotopic (exact) mass is 220 g/mol. The van der Waals surface area contributed by atoms with E-state index in [1.54, 1.807) is 0 Å². The second-order valence-corrected chi connectivity index (χ2v) is 5.72. The third-order valence-electron chi connectivity index (χ3n) is 2.22. The molecule has 5 heteroatoms. The highest BCUT2D eigenvalue weighted by molar-refractivity contribution is 7.89. The van der Waals surface area contributed by atoms with Crippen molar-refractivity contribution in [2.24, 2.45) is 0 Å². The Balaban J connectivity index is 2.02. The lowest BCUT2D eigenvalue weighted by Gasteiger charge is -2.06. The van der Waals surface area contributed by atoms with E-state index in [1.165, 1.54) is 12.8 Å². The molecule has 14 heavy (non-hydrogen) atoms. The number of hydrogen-bond acceptors (Lipinski definition) is 3. The van der Waals surface area contributed by atoms with Crippen molar-refractivity contribution >= 4 is 10.0 Å². The van der Waals surface area contributed by atoms with Gasteiger partial charge in [-0.25, -0.2) is 13.1 Å². The summed E-state index contributed by atoms with van der Waals surface area (Å²) in [7, 11) is -3.01. The number of unbranched alkanes of at least 4 members (excludes halogenated alkanes) is 1. The highest BCUT2D eigenvalue weighted by Gasteiger charge is 2.19. The predicted molar refractivity (Wildman–Crippen MR) is 57.7 cm³/mol. The molecule has 0 amide bonds. The van der Waals surface area contributed by atoms with E-state index in [2.05, 4.69) is 10.0 Å². The molecule has 0 atom stereocenters. The summed E-state index contributed by atoms with van der Waals surface area (Å²) >= 11 is 0.